The van der Waals surface area contributed by atoms with Gasteiger partial charge in [-0.05, 0) is 6.42 Å². The van der Waals surface area contributed by atoms with Crippen LogP contribution in [0.3, 0.4) is 0 Å². The van der Waals surface area contributed by atoms with Gasteiger partial charge >= 0.3 is 5.97 Å². The van der Waals surface area contributed by atoms with E-state index in [4.69, 9.17) is 4.74 Å². The molecule has 0 aromatic carbocycles. The molecule has 0 aromatic heterocycles. The van der Waals surface area contributed by atoms with Gasteiger partial charge in [0.05, 0.1) is 6.61 Å². The summed E-state index contributed by atoms with van der Waals surface area (Å²) in [6.45, 7) is 2.40. The number of ether oxygens (including phenoxy) is 1. The smallest absolute Gasteiger partial charge is 0.326 e. The Morgan fingerprint density at radius 3 is 2.83 bits per heavy atom. The summed E-state index contributed by atoms with van der Waals surface area (Å²) >= 11 is 3.02. The van der Waals surface area contributed by atoms with Crippen molar-refractivity contribution in [1.29, 1.82) is 0 Å². The van der Waals surface area contributed by atoms with Crippen LogP contribution in [-0.2, 0) is 9.53 Å². The highest BCUT2D eigenvalue weighted by molar-refractivity contribution is 9.10. The van der Waals surface area contributed by atoms with Gasteiger partial charge in [-0.2, -0.15) is 0 Å². The molecular weight excluding hydrogens is 227 g/mol. The molecule has 1 fully saturated rings. The molecule has 0 spiro atoms. The molecule has 2 atom stereocenters. The molecule has 0 heterocycles. The Hall–Kier alpha value is -0.120. The zero-order chi connectivity index (χ0) is 9.19. The van der Waals surface area contributed by atoms with E-state index in [0.717, 1.165) is 12.8 Å². The van der Waals surface area contributed by atoms with Crippen molar-refractivity contribution in [2.75, 3.05) is 6.61 Å². The molecule has 0 aromatic rings. The number of alkyl halides is 2. The first-order valence-electron chi connectivity index (χ1n) is 4.11. The first-order valence-corrected chi connectivity index (χ1v) is 4.90. The lowest BCUT2D eigenvalue weighted by Gasteiger charge is -2.06. The van der Waals surface area contributed by atoms with E-state index in [1.807, 2.05) is 6.92 Å². The third kappa shape index (κ3) is 1.97. The fourth-order valence-electron chi connectivity index (χ4n) is 0.842. The fourth-order valence-corrected chi connectivity index (χ4v) is 1.24. The van der Waals surface area contributed by atoms with Crippen molar-refractivity contribution in [2.45, 2.75) is 36.7 Å². The number of halogens is 2. The third-order valence-corrected chi connectivity index (χ3v) is 3.03. The Morgan fingerprint density at radius 1 is 1.83 bits per heavy atom. The lowest BCUT2D eigenvalue weighted by Crippen LogP contribution is -2.22. The third-order valence-electron chi connectivity index (χ3n) is 1.88. The van der Waals surface area contributed by atoms with Crippen LogP contribution in [0.4, 0.5) is 4.39 Å². The molecule has 0 saturated heterocycles. The predicted molar refractivity (Wildman–Crippen MR) is 47.0 cm³/mol. The number of unbranched alkanes of at least 4 members (excludes halogenated alkanes) is 1. The molecule has 4 heteroatoms. The quantitative estimate of drug-likeness (QED) is 0.427. The molecule has 1 saturated carbocycles. The lowest BCUT2D eigenvalue weighted by molar-refractivity contribution is -0.144. The van der Waals surface area contributed by atoms with E-state index >= 15 is 0 Å². The summed E-state index contributed by atoms with van der Waals surface area (Å²) in [5, 5.41) is 0. The monoisotopic (exact) mass is 238 g/mol. The molecule has 70 valence electrons. The summed E-state index contributed by atoms with van der Waals surface area (Å²) in [4.78, 5) is 11.1. The average molecular weight is 239 g/mol. The SMILES string of the molecule is CCCCOC(=O)C1(Br)CC1F. The van der Waals surface area contributed by atoms with E-state index in [0.29, 0.717) is 6.61 Å². The Labute approximate surface area is 79.6 Å². The van der Waals surface area contributed by atoms with Crippen LogP contribution in [0.25, 0.3) is 0 Å². The van der Waals surface area contributed by atoms with Gasteiger partial charge in [-0.15, -0.1) is 0 Å². The number of hydrogen-bond acceptors (Lipinski definition) is 2. The van der Waals surface area contributed by atoms with Gasteiger partial charge < -0.3 is 4.74 Å². The van der Waals surface area contributed by atoms with Crippen LogP contribution in [0, 0.1) is 0 Å². The second-order valence-corrected chi connectivity index (χ2v) is 4.44. The van der Waals surface area contributed by atoms with Gasteiger partial charge in [-0.1, -0.05) is 29.3 Å². The minimum absolute atomic E-state index is 0.248. The van der Waals surface area contributed by atoms with Gasteiger partial charge in [0, 0.05) is 6.42 Å². The second kappa shape index (κ2) is 3.73. The second-order valence-electron chi connectivity index (χ2n) is 3.02. The van der Waals surface area contributed by atoms with Crippen molar-refractivity contribution in [3.63, 3.8) is 0 Å². The maximum Gasteiger partial charge on any atom is 0.326 e. The van der Waals surface area contributed by atoms with Crippen LogP contribution in [0.15, 0.2) is 0 Å². The van der Waals surface area contributed by atoms with Gasteiger partial charge in [-0.25, -0.2) is 4.39 Å². The molecule has 0 bridgehead atoms. The molecular formula is C8H12BrFO2. The van der Waals surface area contributed by atoms with E-state index in [-0.39, 0.29) is 6.42 Å². The zero-order valence-corrected chi connectivity index (χ0v) is 8.56. The molecule has 0 N–H and O–H groups in total. The first kappa shape index (κ1) is 9.96. The Kier molecular flexibility index (Phi) is 3.09. The summed E-state index contributed by atoms with van der Waals surface area (Å²) in [6, 6.07) is 0. The van der Waals surface area contributed by atoms with Crippen molar-refractivity contribution in [2.24, 2.45) is 0 Å². The number of rotatable bonds is 4. The number of carbonyl (C=O) groups is 1. The average Bonchev–Trinajstić information content (AvgIpc) is 2.62. The first-order chi connectivity index (χ1) is 5.61. The van der Waals surface area contributed by atoms with Crippen molar-refractivity contribution in [3.05, 3.63) is 0 Å². The summed E-state index contributed by atoms with van der Waals surface area (Å²) in [6.07, 6.45) is 0.998. The zero-order valence-electron chi connectivity index (χ0n) is 6.98. The fraction of sp³-hybridized carbons (Fsp3) is 0.875. The Balaban J connectivity index is 2.21. The summed E-state index contributed by atoms with van der Waals surface area (Å²) < 4.78 is 16.4. The minimum atomic E-state index is -1.06. The van der Waals surface area contributed by atoms with Crippen LogP contribution in [0.5, 0.6) is 0 Å². The Bertz CT molecular complexity index is 186. The van der Waals surface area contributed by atoms with Gasteiger partial charge in [0.15, 0.2) is 4.32 Å². The maximum atomic E-state index is 12.6. The van der Waals surface area contributed by atoms with E-state index in [1.54, 1.807) is 0 Å². The molecule has 0 amide bonds. The van der Waals surface area contributed by atoms with Gasteiger partial charge in [0.25, 0.3) is 0 Å². The highest BCUT2D eigenvalue weighted by atomic mass is 79.9. The van der Waals surface area contributed by atoms with Crippen molar-refractivity contribution < 1.29 is 13.9 Å². The molecule has 1 aliphatic carbocycles. The summed E-state index contributed by atoms with van der Waals surface area (Å²) in [5.74, 6) is -0.455. The van der Waals surface area contributed by atoms with Gasteiger partial charge in [0.2, 0.25) is 0 Å². The molecule has 12 heavy (non-hydrogen) atoms. The van der Waals surface area contributed by atoms with Crippen LogP contribution in [0.2, 0.25) is 0 Å². The molecule has 1 rings (SSSR count). The largest absolute Gasteiger partial charge is 0.465 e. The van der Waals surface area contributed by atoms with E-state index in [9.17, 15) is 9.18 Å². The van der Waals surface area contributed by atoms with E-state index < -0.39 is 16.5 Å². The summed E-state index contributed by atoms with van der Waals surface area (Å²) in [5.41, 5.74) is 0. The summed E-state index contributed by atoms with van der Waals surface area (Å²) in [7, 11) is 0. The van der Waals surface area contributed by atoms with E-state index in [1.165, 1.54) is 0 Å². The van der Waals surface area contributed by atoms with E-state index in [2.05, 4.69) is 15.9 Å². The molecule has 0 radical (unpaired) electrons. The maximum absolute atomic E-state index is 12.6. The van der Waals surface area contributed by atoms with Crippen LogP contribution in [-0.4, -0.2) is 23.1 Å². The van der Waals surface area contributed by atoms with Crippen LogP contribution < -0.4 is 0 Å². The number of esters is 1. The molecule has 2 nitrogen and oxygen atoms in total. The standard InChI is InChI=1S/C8H12BrFO2/c1-2-3-4-12-7(11)8(9)5-6(8)10/h6H,2-5H2,1H3. The van der Waals surface area contributed by atoms with Crippen molar-refractivity contribution in [1.82, 2.24) is 0 Å². The van der Waals surface area contributed by atoms with Crippen LogP contribution in [0.1, 0.15) is 26.2 Å². The van der Waals surface area contributed by atoms with Crippen molar-refractivity contribution in [3.8, 4) is 0 Å². The topological polar surface area (TPSA) is 26.3 Å². The molecule has 1 aliphatic rings. The van der Waals surface area contributed by atoms with Crippen molar-refractivity contribution >= 4 is 21.9 Å². The van der Waals surface area contributed by atoms with Gasteiger partial charge in [0.1, 0.15) is 6.17 Å². The van der Waals surface area contributed by atoms with Gasteiger partial charge in [-0.3, -0.25) is 4.79 Å². The molecule has 2 unspecified atom stereocenters. The normalized spacial score (nSPS) is 33.1. The number of carbonyl (C=O) groups excluding carboxylic acids is 1. The number of hydrogen-bond donors (Lipinski definition) is 0. The Morgan fingerprint density at radius 2 is 2.42 bits per heavy atom. The highest BCUT2D eigenvalue weighted by Crippen LogP contribution is 2.48. The predicted octanol–water partition coefficient (Wildman–Crippen LogP) is 2.21. The highest BCUT2D eigenvalue weighted by Gasteiger charge is 2.61. The van der Waals surface area contributed by atoms with Crippen LogP contribution >= 0.6 is 15.9 Å². The lowest BCUT2D eigenvalue weighted by atomic mass is 10.3. The molecule has 0 aliphatic heterocycles. The minimum Gasteiger partial charge on any atom is -0.465 e.